The fourth-order valence-corrected chi connectivity index (χ4v) is 2.73. The molecule has 4 rings (SSSR count). The fourth-order valence-electron chi connectivity index (χ4n) is 2.73. The Kier molecular flexibility index (Phi) is 4.07. The van der Waals surface area contributed by atoms with Crippen LogP contribution in [0.4, 0.5) is 0 Å². The maximum absolute atomic E-state index is 12.1. The lowest BCUT2D eigenvalue weighted by atomic mass is 10.0. The minimum Gasteiger partial charge on any atom is -0.507 e. The van der Waals surface area contributed by atoms with Crippen LogP contribution in [-0.4, -0.2) is 10.1 Å². The molecule has 1 aromatic heterocycles. The summed E-state index contributed by atoms with van der Waals surface area (Å²) in [6.45, 7) is 0. The Morgan fingerprint density at radius 2 is 1.50 bits per heavy atom. The van der Waals surface area contributed by atoms with E-state index in [1.165, 1.54) is 6.08 Å². The van der Waals surface area contributed by atoms with Crippen LogP contribution in [0.25, 0.3) is 34.1 Å². The zero-order valence-electron chi connectivity index (χ0n) is 13.8. The molecule has 0 amide bonds. The molecule has 4 heteroatoms. The van der Waals surface area contributed by atoms with Crippen LogP contribution < -0.4 is 5.63 Å². The quantitative estimate of drug-likeness (QED) is 0.538. The molecule has 0 radical (unpaired) electrons. The van der Waals surface area contributed by atoms with Crippen LogP contribution in [0.1, 0.15) is 11.3 Å². The molecule has 1 N–H and O–H groups in total. The van der Waals surface area contributed by atoms with Crippen LogP contribution in [0.5, 0.6) is 0 Å². The number of hydrogen-bond acceptors (Lipinski definition) is 4. The Labute approximate surface area is 149 Å². The predicted molar refractivity (Wildman–Crippen MR) is 103 cm³/mol. The Morgan fingerprint density at radius 3 is 2.27 bits per heavy atom. The minimum absolute atomic E-state index is 0.0420. The lowest BCUT2D eigenvalue weighted by Gasteiger charge is -2.04. The molecule has 0 saturated carbocycles. The van der Waals surface area contributed by atoms with Gasteiger partial charge in [0.2, 0.25) is 0 Å². The molecule has 3 aromatic carbocycles. The van der Waals surface area contributed by atoms with Gasteiger partial charge >= 0.3 is 5.63 Å². The summed E-state index contributed by atoms with van der Waals surface area (Å²) in [6, 6.07) is 24.4. The normalized spacial score (nSPS) is 11.6. The molecule has 0 aliphatic carbocycles. The molecule has 126 valence electrons. The molecule has 0 fully saturated rings. The SMILES string of the molecule is O=c1oc2ccccc2nc1/C=C(\O)c1ccc(-c2ccccc2)cc1. The van der Waals surface area contributed by atoms with E-state index in [1.54, 1.807) is 30.3 Å². The lowest BCUT2D eigenvalue weighted by Crippen LogP contribution is -2.06. The van der Waals surface area contributed by atoms with Gasteiger partial charge in [-0.25, -0.2) is 9.78 Å². The standard InChI is InChI=1S/C22H15NO3/c24-20(14-19-22(25)26-21-9-5-4-8-18(21)23-19)17-12-10-16(11-13-17)15-6-2-1-3-7-15/h1-14,24H/b20-14-. The van der Waals surface area contributed by atoms with Crippen molar-refractivity contribution in [1.82, 2.24) is 4.98 Å². The number of aliphatic hydroxyl groups excluding tert-OH is 1. The van der Waals surface area contributed by atoms with E-state index in [-0.39, 0.29) is 11.5 Å². The van der Waals surface area contributed by atoms with Gasteiger partial charge in [0.25, 0.3) is 0 Å². The first-order chi connectivity index (χ1) is 12.7. The van der Waals surface area contributed by atoms with Crippen LogP contribution >= 0.6 is 0 Å². The Balaban J connectivity index is 1.68. The van der Waals surface area contributed by atoms with E-state index in [0.717, 1.165) is 11.1 Å². The number of fused-ring (bicyclic) bond motifs is 1. The molecule has 26 heavy (non-hydrogen) atoms. The zero-order valence-corrected chi connectivity index (χ0v) is 13.8. The van der Waals surface area contributed by atoms with E-state index in [2.05, 4.69) is 4.98 Å². The van der Waals surface area contributed by atoms with Gasteiger partial charge in [-0.2, -0.15) is 0 Å². The molecule has 0 atom stereocenters. The first-order valence-corrected chi connectivity index (χ1v) is 8.17. The summed E-state index contributed by atoms with van der Waals surface area (Å²) in [5.41, 5.74) is 3.19. The van der Waals surface area contributed by atoms with Crippen molar-refractivity contribution in [2.75, 3.05) is 0 Å². The summed E-state index contributed by atoms with van der Waals surface area (Å²) < 4.78 is 5.23. The molecule has 4 nitrogen and oxygen atoms in total. The number of hydrogen-bond donors (Lipinski definition) is 1. The topological polar surface area (TPSA) is 63.3 Å². The molecular weight excluding hydrogens is 326 g/mol. The van der Waals surface area contributed by atoms with Gasteiger partial charge in [0.1, 0.15) is 11.3 Å². The Hall–Kier alpha value is -3.66. The van der Waals surface area contributed by atoms with E-state index in [0.29, 0.717) is 16.7 Å². The first-order valence-electron chi connectivity index (χ1n) is 8.17. The van der Waals surface area contributed by atoms with Gasteiger partial charge in [-0.3, -0.25) is 0 Å². The van der Waals surface area contributed by atoms with Gasteiger partial charge in [-0.1, -0.05) is 66.7 Å². The summed E-state index contributed by atoms with van der Waals surface area (Å²) in [6.07, 6.45) is 1.33. The smallest absolute Gasteiger partial charge is 0.362 e. The second-order valence-corrected chi connectivity index (χ2v) is 5.83. The Bertz CT molecular complexity index is 1140. The van der Waals surface area contributed by atoms with E-state index >= 15 is 0 Å². The van der Waals surface area contributed by atoms with E-state index in [9.17, 15) is 9.90 Å². The minimum atomic E-state index is -0.587. The lowest BCUT2D eigenvalue weighted by molar-refractivity contribution is 0.514. The van der Waals surface area contributed by atoms with Gasteiger partial charge in [0, 0.05) is 11.6 Å². The average Bonchev–Trinajstić information content (AvgIpc) is 2.69. The van der Waals surface area contributed by atoms with E-state index in [1.807, 2.05) is 48.5 Å². The van der Waals surface area contributed by atoms with Crippen LogP contribution in [0, 0.1) is 0 Å². The van der Waals surface area contributed by atoms with Crippen molar-refractivity contribution in [2.45, 2.75) is 0 Å². The van der Waals surface area contributed by atoms with Crippen molar-refractivity contribution >= 4 is 22.9 Å². The molecule has 0 spiro atoms. The number of aliphatic hydroxyl groups is 1. The first kappa shape index (κ1) is 15.8. The molecule has 4 aromatic rings. The number of aromatic nitrogens is 1. The number of para-hydroxylation sites is 2. The van der Waals surface area contributed by atoms with E-state index in [4.69, 9.17) is 4.42 Å². The van der Waals surface area contributed by atoms with Crippen molar-refractivity contribution < 1.29 is 9.52 Å². The van der Waals surface area contributed by atoms with Gasteiger partial charge in [0.15, 0.2) is 11.3 Å². The monoisotopic (exact) mass is 341 g/mol. The van der Waals surface area contributed by atoms with E-state index < -0.39 is 5.63 Å². The maximum atomic E-state index is 12.1. The zero-order chi connectivity index (χ0) is 17.9. The third kappa shape index (κ3) is 3.13. The van der Waals surface area contributed by atoms with Crippen LogP contribution in [0.15, 0.2) is 88.1 Å². The highest BCUT2D eigenvalue weighted by molar-refractivity contribution is 5.79. The van der Waals surface area contributed by atoms with Gasteiger partial charge in [0.05, 0.1) is 0 Å². The summed E-state index contributed by atoms with van der Waals surface area (Å²) in [4.78, 5) is 16.3. The highest BCUT2D eigenvalue weighted by Gasteiger charge is 2.07. The molecule has 1 heterocycles. The van der Waals surface area contributed by atoms with Crippen LogP contribution in [-0.2, 0) is 0 Å². The summed E-state index contributed by atoms with van der Waals surface area (Å²) in [5.74, 6) is -0.0420. The van der Waals surface area contributed by atoms with Crippen LogP contribution in [0.3, 0.4) is 0 Å². The van der Waals surface area contributed by atoms with Crippen LogP contribution in [0.2, 0.25) is 0 Å². The molecule has 0 bridgehead atoms. The van der Waals surface area contributed by atoms with Gasteiger partial charge in [-0.15, -0.1) is 0 Å². The summed E-state index contributed by atoms with van der Waals surface area (Å²) in [5, 5.41) is 10.4. The van der Waals surface area contributed by atoms with Gasteiger partial charge in [-0.05, 0) is 23.3 Å². The molecule has 0 unspecified atom stereocenters. The third-order valence-electron chi connectivity index (χ3n) is 4.08. The van der Waals surface area contributed by atoms with Crippen molar-refractivity contribution in [2.24, 2.45) is 0 Å². The number of nitrogens with zero attached hydrogens (tertiary/aromatic N) is 1. The van der Waals surface area contributed by atoms with Crippen molar-refractivity contribution in [3.05, 3.63) is 101 Å². The van der Waals surface area contributed by atoms with Crippen molar-refractivity contribution in [1.29, 1.82) is 0 Å². The fraction of sp³-hybridized carbons (Fsp3) is 0. The molecule has 0 aliphatic heterocycles. The predicted octanol–water partition coefficient (Wildman–Crippen LogP) is 4.91. The van der Waals surface area contributed by atoms with Crippen molar-refractivity contribution in [3.63, 3.8) is 0 Å². The van der Waals surface area contributed by atoms with Crippen molar-refractivity contribution in [3.8, 4) is 11.1 Å². The third-order valence-corrected chi connectivity index (χ3v) is 4.08. The number of benzene rings is 3. The largest absolute Gasteiger partial charge is 0.507 e. The number of rotatable bonds is 3. The second kappa shape index (κ2) is 6.69. The molecular formula is C22H15NO3. The summed E-state index contributed by atoms with van der Waals surface area (Å²) >= 11 is 0. The highest BCUT2D eigenvalue weighted by atomic mass is 16.4. The maximum Gasteiger partial charge on any atom is 0.362 e. The molecule has 0 saturated heterocycles. The second-order valence-electron chi connectivity index (χ2n) is 5.83. The summed E-state index contributed by atoms with van der Waals surface area (Å²) in [7, 11) is 0. The average molecular weight is 341 g/mol. The Morgan fingerprint density at radius 1 is 0.846 bits per heavy atom. The molecule has 0 aliphatic rings. The van der Waals surface area contributed by atoms with Gasteiger partial charge < -0.3 is 9.52 Å². The highest BCUT2D eigenvalue weighted by Crippen LogP contribution is 2.22.